The molecular weight excluding hydrogens is 294 g/mol. The van der Waals surface area contributed by atoms with Crippen molar-refractivity contribution in [2.75, 3.05) is 6.54 Å². The van der Waals surface area contributed by atoms with E-state index in [1.54, 1.807) is 20.8 Å². The van der Waals surface area contributed by atoms with Crippen molar-refractivity contribution in [1.82, 2.24) is 4.90 Å². The molecule has 8 heteroatoms. The lowest BCUT2D eigenvalue weighted by Gasteiger charge is -2.34. The van der Waals surface area contributed by atoms with Crippen LogP contribution in [0.2, 0.25) is 0 Å². The Kier molecular flexibility index (Phi) is 4.84. The Hall–Kier alpha value is -2.12. The summed E-state index contributed by atoms with van der Waals surface area (Å²) in [5.41, 5.74) is -0.707. The molecular formula is C14H21NO7. The van der Waals surface area contributed by atoms with Crippen molar-refractivity contribution in [3.63, 3.8) is 0 Å². The molecule has 1 N–H and O–H groups in total. The minimum absolute atomic E-state index is 0.127. The van der Waals surface area contributed by atoms with E-state index < -0.39 is 41.1 Å². The molecule has 0 aromatic rings. The summed E-state index contributed by atoms with van der Waals surface area (Å²) in [6.45, 7) is 7.68. The number of rotatable bonds is 4. The Bertz CT molecular complexity index is 484. The molecule has 1 rings (SSSR count). The van der Waals surface area contributed by atoms with E-state index in [2.05, 4.69) is 0 Å². The second kappa shape index (κ2) is 5.94. The van der Waals surface area contributed by atoms with E-state index in [-0.39, 0.29) is 13.0 Å². The van der Waals surface area contributed by atoms with Gasteiger partial charge in [0.15, 0.2) is 5.78 Å². The Labute approximate surface area is 128 Å². The Morgan fingerprint density at radius 3 is 2.00 bits per heavy atom. The zero-order valence-corrected chi connectivity index (χ0v) is 13.3. The number of Topliss-reactive ketones (excluding diaryl/α,β-unsaturated/α-hetero) is 1. The lowest BCUT2D eigenvalue weighted by molar-refractivity contribution is -0.238. The smallest absolute Gasteiger partial charge is 0.407 e. The second-order valence-corrected chi connectivity index (χ2v) is 6.50. The average molecular weight is 315 g/mol. The first-order valence-corrected chi connectivity index (χ1v) is 6.84. The van der Waals surface area contributed by atoms with Gasteiger partial charge in [-0.05, 0) is 20.8 Å². The quantitative estimate of drug-likeness (QED) is 0.612. The van der Waals surface area contributed by atoms with Crippen LogP contribution in [0.4, 0.5) is 4.79 Å². The molecule has 1 aliphatic heterocycles. The second-order valence-electron chi connectivity index (χ2n) is 6.50. The predicted molar refractivity (Wildman–Crippen MR) is 73.9 cm³/mol. The summed E-state index contributed by atoms with van der Waals surface area (Å²) in [6.07, 6.45) is -1.46. The normalized spacial score (nSPS) is 18.4. The first-order valence-electron chi connectivity index (χ1n) is 6.84. The highest BCUT2D eigenvalue weighted by Gasteiger charge is 2.47. The maximum Gasteiger partial charge on any atom is 0.407 e. The Morgan fingerprint density at radius 2 is 1.64 bits per heavy atom. The van der Waals surface area contributed by atoms with Crippen LogP contribution in [0.3, 0.4) is 0 Å². The van der Waals surface area contributed by atoms with Crippen molar-refractivity contribution in [1.29, 1.82) is 0 Å². The third-order valence-electron chi connectivity index (χ3n) is 3.11. The van der Waals surface area contributed by atoms with E-state index in [4.69, 9.17) is 14.6 Å². The molecule has 0 unspecified atom stereocenters. The monoisotopic (exact) mass is 315 g/mol. The van der Waals surface area contributed by atoms with Gasteiger partial charge in [-0.3, -0.25) is 14.4 Å². The summed E-state index contributed by atoms with van der Waals surface area (Å²) >= 11 is 0. The lowest BCUT2D eigenvalue weighted by atomic mass is 9.99. The standard InChI is InChI=1S/C14H21NO7/c1-13(2,3)15(12(19)20)7-6-8(16)9-10(17)21-14(4,5)22-11(9)18/h9H,6-7H2,1-5H3,(H,19,20). The van der Waals surface area contributed by atoms with E-state index in [1.165, 1.54) is 13.8 Å². The number of carbonyl (C=O) groups excluding carboxylic acids is 3. The minimum atomic E-state index is -1.65. The highest BCUT2D eigenvalue weighted by Crippen LogP contribution is 2.24. The number of ether oxygens (including phenoxy) is 2. The summed E-state index contributed by atoms with van der Waals surface area (Å²) in [7, 11) is 0. The van der Waals surface area contributed by atoms with E-state index in [0.29, 0.717) is 0 Å². The van der Waals surface area contributed by atoms with Gasteiger partial charge in [0.05, 0.1) is 0 Å². The van der Waals surface area contributed by atoms with Crippen molar-refractivity contribution in [3.05, 3.63) is 0 Å². The number of carboxylic acid groups (broad SMARTS) is 1. The number of amides is 1. The van der Waals surface area contributed by atoms with Crippen LogP contribution in [0.1, 0.15) is 41.0 Å². The molecule has 8 nitrogen and oxygen atoms in total. The predicted octanol–water partition coefficient (Wildman–Crippen LogP) is 1.18. The highest BCUT2D eigenvalue weighted by atomic mass is 16.7. The molecule has 1 aliphatic rings. The van der Waals surface area contributed by atoms with E-state index in [1.807, 2.05) is 0 Å². The van der Waals surface area contributed by atoms with Crippen LogP contribution in [0.15, 0.2) is 0 Å². The molecule has 0 aromatic heterocycles. The zero-order valence-electron chi connectivity index (χ0n) is 13.3. The van der Waals surface area contributed by atoms with Gasteiger partial charge >= 0.3 is 18.0 Å². The van der Waals surface area contributed by atoms with Crippen molar-refractivity contribution >= 4 is 23.8 Å². The van der Waals surface area contributed by atoms with Gasteiger partial charge in [-0.1, -0.05) is 0 Å². The molecule has 0 aromatic carbocycles. The number of hydrogen-bond acceptors (Lipinski definition) is 6. The number of esters is 2. The molecule has 0 atom stereocenters. The fourth-order valence-corrected chi connectivity index (χ4v) is 2.07. The molecule has 0 bridgehead atoms. The van der Waals surface area contributed by atoms with Crippen LogP contribution < -0.4 is 0 Å². The topological polar surface area (TPSA) is 110 Å². The number of cyclic esters (lactones) is 2. The van der Waals surface area contributed by atoms with Gasteiger partial charge in [0.1, 0.15) is 0 Å². The Balaban J connectivity index is 2.75. The summed E-state index contributed by atoms with van der Waals surface area (Å²) in [4.78, 5) is 47.8. The Morgan fingerprint density at radius 1 is 1.18 bits per heavy atom. The molecule has 0 spiro atoms. The summed E-state index contributed by atoms with van der Waals surface area (Å²) in [5.74, 6) is -5.71. The number of nitrogens with zero attached hydrogens (tertiary/aromatic N) is 1. The van der Waals surface area contributed by atoms with Gasteiger partial charge in [-0.25, -0.2) is 4.79 Å². The van der Waals surface area contributed by atoms with Crippen LogP contribution >= 0.6 is 0 Å². The van der Waals surface area contributed by atoms with Gasteiger partial charge < -0.3 is 19.5 Å². The molecule has 1 amide bonds. The van der Waals surface area contributed by atoms with Crippen molar-refractivity contribution < 1.29 is 33.8 Å². The van der Waals surface area contributed by atoms with Crippen molar-refractivity contribution in [2.45, 2.75) is 52.4 Å². The van der Waals surface area contributed by atoms with Gasteiger partial charge in [-0.15, -0.1) is 0 Å². The first-order chi connectivity index (χ1) is 9.85. The lowest BCUT2D eigenvalue weighted by Crippen LogP contribution is -2.50. The van der Waals surface area contributed by atoms with Crippen molar-refractivity contribution in [2.24, 2.45) is 5.92 Å². The minimum Gasteiger partial charge on any atom is -0.465 e. The first kappa shape index (κ1) is 17.9. The molecule has 1 heterocycles. The van der Waals surface area contributed by atoms with Crippen LogP contribution in [-0.4, -0.2) is 51.7 Å². The average Bonchev–Trinajstić information content (AvgIpc) is 2.23. The van der Waals surface area contributed by atoms with Crippen molar-refractivity contribution in [3.8, 4) is 0 Å². The van der Waals surface area contributed by atoms with Gasteiger partial charge in [-0.2, -0.15) is 0 Å². The number of carbonyl (C=O) groups is 4. The highest BCUT2D eigenvalue weighted by molar-refractivity contribution is 6.15. The zero-order chi connectivity index (χ0) is 17.3. The molecule has 0 aliphatic carbocycles. The third kappa shape index (κ3) is 4.19. The molecule has 1 fully saturated rings. The van der Waals surface area contributed by atoms with Gasteiger partial charge in [0.2, 0.25) is 5.92 Å². The molecule has 124 valence electrons. The molecule has 0 saturated carbocycles. The van der Waals surface area contributed by atoms with E-state index >= 15 is 0 Å². The van der Waals surface area contributed by atoms with Crippen LogP contribution in [0.25, 0.3) is 0 Å². The fraction of sp³-hybridized carbons (Fsp3) is 0.714. The maximum absolute atomic E-state index is 12.1. The SMILES string of the molecule is CC1(C)OC(=O)C(C(=O)CCN(C(=O)O)C(C)(C)C)C(=O)O1. The van der Waals surface area contributed by atoms with Gasteiger partial charge in [0.25, 0.3) is 5.79 Å². The summed E-state index contributed by atoms with van der Waals surface area (Å²) < 4.78 is 9.73. The van der Waals surface area contributed by atoms with Gasteiger partial charge in [0, 0.05) is 32.4 Å². The van der Waals surface area contributed by atoms with Crippen LogP contribution in [0, 0.1) is 5.92 Å². The van der Waals surface area contributed by atoms with E-state index in [9.17, 15) is 19.2 Å². The van der Waals surface area contributed by atoms with E-state index in [0.717, 1.165) is 4.90 Å². The number of ketones is 1. The maximum atomic E-state index is 12.1. The summed E-state index contributed by atoms with van der Waals surface area (Å²) in [6, 6.07) is 0. The van der Waals surface area contributed by atoms with Crippen LogP contribution in [0.5, 0.6) is 0 Å². The number of hydrogen-bond donors (Lipinski definition) is 1. The summed E-state index contributed by atoms with van der Waals surface area (Å²) in [5, 5.41) is 9.14. The third-order valence-corrected chi connectivity index (χ3v) is 3.11. The molecule has 0 radical (unpaired) electrons. The fourth-order valence-electron chi connectivity index (χ4n) is 2.07. The molecule has 1 saturated heterocycles. The largest absolute Gasteiger partial charge is 0.465 e. The molecule has 22 heavy (non-hydrogen) atoms. The van der Waals surface area contributed by atoms with Crippen LogP contribution in [-0.2, 0) is 23.9 Å².